The van der Waals surface area contributed by atoms with Crippen LogP contribution in [0.15, 0.2) is 0 Å². The summed E-state index contributed by atoms with van der Waals surface area (Å²) in [4.78, 5) is 1.71. The minimum atomic E-state index is 0. The molecule has 0 radical (unpaired) electrons. The maximum atomic E-state index is 5.16. The van der Waals surface area contributed by atoms with Crippen LogP contribution in [0.1, 0.15) is 1.43 Å². The van der Waals surface area contributed by atoms with E-state index in [4.69, 9.17) is 17.2 Å². The Kier molecular flexibility index (Phi) is 3.92. The van der Waals surface area contributed by atoms with E-state index in [1.54, 1.807) is 4.90 Å². The number of nitrogens with zero attached hydrogens (tertiary/aromatic N) is 1. The van der Waals surface area contributed by atoms with Crippen LogP contribution in [0.4, 0.5) is 0 Å². The summed E-state index contributed by atoms with van der Waals surface area (Å²) in [5.74, 6) is 0. The molecule has 0 heterocycles. The molecule has 0 fully saturated rings. The fourth-order valence-corrected chi connectivity index (χ4v) is 0.224. The Morgan fingerprint density at radius 3 is 1.29 bits per heavy atom. The number of hydrogen-bond donors (Lipinski definition) is 3. The second kappa shape index (κ2) is 4.01. The number of nitrogens with two attached hydrogens (primary N) is 3. The summed E-state index contributed by atoms with van der Waals surface area (Å²) < 4.78 is 0. The van der Waals surface area contributed by atoms with E-state index < -0.39 is 0 Å². The molecule has 0 aromatic heterocycles. The van der Waals surface area contributed by atoms with Crippen molar-refractivity contribution in [3.8, 4) is 0 Å². The number of rotatable bonds is 3. The van der Waals surface area contributed by atoms with Crippen LogP contribution in [0.2, 0.25) is 0 Å². The smallest absolute Gasteiger partial charge is 0.0479 e. The summed E-state index contributed by atoms with van der Waals surface area (Å²) in [6, 6.07) is 0. The van der Waals surface area contributed by atoms with Gasteiger partial charge in [0.05, 0.1) is 0 Å². The van der Waals surface area contributed by atoms with Gasteiger partial charge >= 0.3 is 0 Å². The normalized spacial score (nSPS) is 10.3. The number of hydrogen-bond acceptors (Lipinski definition) is 4. The van der Waals surface area contributed by atoms with Crippen LogP contribution in [0, 0.1) is 0 Å². The summed E-state index contributed by atoms with van der Waals surface area (Å²) in [6.07, 6.45) is 0. The van der Waals surface area contributed by atoms with E-state index in [2.05, 4.69) is 0 Å². The fourth-order valence-electron chi connectivity index (χ4n) is 0.224. The molecule has 0 saturated heterocycles. The molecule has 0 aromatic carbocycles. The first kappa shape index (κ1) is 6.84. The average Bonchev–Trinajstić information content (AvgIpc) is 1.72. The van der Waals surface area contributed by atoms with Gasteiger partial charge in [0.2, 0.25) is 0 Å². The van der Waals surface area contributed by atoms with Gasteiger partial charge in [0.25, 0.3) is 0 Å². The first-order valence-corrected chi connectivity index (χ1v) is 2.17. The topological polar surface area (TPSA) is 81.3 Å². The predicted molar refractivity (Wildman–Crippen MR) is 31.1 cm³/mol. The van der Waals surface area contributed by atoms with Gasteiger partial charge in [-0.2, -0.15) is 0 Å². The second-order valence-electron chi connectivity index (χ2n) is 1.22. The standard InChI is InChI=1S/C3H12N4.H2/c4-1-7(2-5)3-6;/h1-6H2;1H. The average molecular weight is 106 g/mol. The highest BCUT2D eigenvalue weighted by Gasteiger charge is 1.89. The summed E-state index contributed by atoms with van der Waals surface area (Å²) in [6.45, 7) is 1.31. The van der Waals surface area contributed by atoms with Crippen LogP contribution < -0.4 is 17.2 Å². The Morgan fingerprint density at radius 1 is 1.00 bits per heavy atom. The van der Waals surface area contributed by atoms with Crippen molar-refractivity contribution in [3.05, 3.63) is 0 Å². The van der Waals surface area contributed by atoms with E-state index in [0.29, 0.717) is 20.0 Å². The van der Waals surface area contributed by atoms with E-state index in [0.717, 1.165) is 0 Å². The molecule has 0 aliphatic carbocycles. The largest absolute Gasteiger partial charge is 0.318 e. The van der Waals surface area contributed by atoms with Gasteiger partial charge < -0.3 is 17.2 Å². The molecule has 0 atom stereocenters. The molecule has 0 aliphatic heterocycles. The van der Waals surface area contributed by atoms with Gasteiger partial charge in [0.15, 0.2) is 0 Å². The van der Waals surface area contributed by atoms with Crippen LogP contribution >= 0.6 is 0 Å². The maximum absolute atomic E-state index is 5.16. The van der Waals surface area contributed by atoms with Crippen LogP contribution in [0.5, 0.6) is 0 Å². The van der Waals surface area contributed by atoms with Crippen molar-refractivity contribution in [1.82, 2.24) is 4.90 Å². The Balaban J connectivity index is 0. The highest BCUT2D eigenvalue weighted by Crippen LogP contribution is 1.68. The lowest BCUT2D eigenvalue weighted by Gasteiger charge is -2.12. The zero-order valence-electron chi connectivity index (χ0n) is 4.30. The highest BCUT2D eigenvalue weighted by atomic mass is 15.2. The van der Waals surface area contributed by atoms with Crippen molar-refractivity contribution in [2.45, 2.75) is 0 Å². The molecule has 0 aliphatic rings. The van der Waals surface area contributed by atoms with Crippen LogP contribution in [-0.2, 0) is 0 Å². The molecule has 6 N–H and O–H groups in total. The van der Waals surface area contributed by atoms with Crippen molar-refractivity contribution in [2.75, 3.05) is 20.0 Å². The van der Waals surface area contributed by atoms with Crippen molar-refractivity contribution < 1.29 is 1.43 Å². The van der Waals surface area contributed by atoms with E-state index in [9.17, 15) is 0 Å². The van der Waals surface area contributed by atoms with E-state index in [1.165, 1.54) is 0 Å². The summed E-state index contributed by atoms with van der Waals surface area (Å²) in [7, 11) is 0. The molecule has 0 spiro atoms. The lowest BCUT2D eigenvalue weighted by atomic mass is 10.8. The molecule has 7 heavy (non-hydrogen) atoms. The monoisotopic (exact) mass is 106 g/mol. The lowest BCUT2D eigenvalue weighted by Crippen LogP contribution is -2.39. The molecule has 0 rings (SSSR count). The van der Waals surface area contributed by atoms with Crippen molar-refractivity contribution in [1.29, 1.82) is 0 Å². The van der Waals surface area contributed by atoms with Crippen molar-refractivity contribution in [2.24, 2.45) is 17.2 Å². The minimum Gasteiger partial charge on any atom is -0.318 e. The van der Waals surface area contributed by atoms with Crippen molar-refractivity contribution in [3.63, 3.8) is 0 Å². The van der Waals surface area contributed by atoms with Gasteiger partial charge in [-0.15, -0.1) is 0 Å². The minimum absolute atomic E-state index is 0. The summed E-state index contributed by atoms with van der Waals surface area (Å²) >= 11 is 0. The SMILES string of the molecule is NCN(CN)CN.[HH]. The first-order chi connectivity index (χ1) is 3.35. The molecule has 4 heteroatoms. The quantitative estimate of drug-likeness (QED) is 0.374. The molecule has 4 nitrogen and oxygen atoms in total. The summed E-state index contributed by atoms with van der Waals surface area (Å²) in [5.41, 5.74) is 15.5. The maximum Gasteiger partial charge on any atom is 0.0479 e. The van der Waals surface area contributed by atoms with Gasteiger partial charge in [-0.3, -0.25) is 4.90 Å². The second-order valence-corrected chi connectivity index (χ2v) is 1.22. The van der Waals surface area contributed by atoms with E-state index >= 15 is 0 Å². The van der Waals surface area contributed by atoms with E-state index in [1.807, 2.05) is 0 Å². The zero-order valence-corrected chi connectivity index (χ0v) is 4.30. The van der Waals surface area contributed by atoms with Gasteiger partial charge in [0.1, 0.15) is 0 Å². The Hall–Kier alpha value is -0.160. The molecular formula is C3H14N4. The zero-order chi connectivity index (χ0) is 5.70. The van der Waals surface area contributed by atoms with Crippen LogP contribution in [0.3, 0.4) is 0 Å². The molecule has 0 unspecified atom stereocenters. The molecule has 0 bridgehead atoms. The van der Waals surface area contributed by atoms with Crippen LogP contribution in [-0.4, -0.2) is 24.9 Å². The van der Waals surface area contributed by atoms with Crippen LogP contribution in [0.25, 0.3) is 0 Å². The predicted octanol–water partition coefficient (Wildman–Crippen LogP) is -1.72. The molecule has 0 saturated carbocycles. The Bertz CT molecular complexity index is 32.8. The Morgan fingerprint density at radius 2 is 1.29 bits per heavy atom. The molecule has 0 amide bonds. The summed E-state index contributed by atoms with van der Waals surface area (Å²) in [5, 5.41) is 0. The first-order valence-electron chi connectivity index (χ1n) is 2.17. The molecular weight excluding hydrogens is 92.1 g/mol. The highest BCUT2D eigenvalue weighted by molar-refractivity contribution is 4.40. The van der Waals surface area contributed by atoms with Gasteiger partial charge in [-0.05, 0) is 0 Å². The van der Waals surface area contributed by atoms with E-state index in [-0.39, 0.29) is 1.43 Å². The van der Waals surface area contributed by atoms with Gasteiger partial charge in [-0.25, -0.2) is 0 Å². The third-order valence-electron chi connectivity index (χ3n) is 0.775. The third-order valence-corrected chi connectivity index (χ3v) is 0.775. The Labute approximate surface area is 44.7 Å². The molecule has 46 valence electrons. The fraction of sp³-hybridized carbons (Fsp3) is 1.00. The third kappa shape index (κ3) is 2.52. The lowest BCUT2D eigenvalue weighted by molar-refractivity contribution is 0.299. The van der Waals surface area contributed by atoms with Gasteiger partial charge in [0, 0.05) is 21.4 Å². The molecule has 0 aromatic rings. The van der Waals surface area contributed by atoms with Gasteiger partial charge in [-0.1, -0.05) is 0 Å². The van der Waals surface area contributed by atoms with Crippen molar-refractivity contribution >= 4 is 0 Å².